The van der Waals surface area contributed by atoms with Crippen molar-refractivity contribution in [3.8, 4) is 11.8 Å². The average Bonchev–Trinajstić information content (AvgIpc) is 3.30. The summed E-state index contributed by atoms with van der Waals surface area (Å²) in [4.78, 5) is 4.22. The van der Waals surface area contributed by atoms with Crippen molar-refractivity contribution < 1.29 is 0 Å². The first-order chi connectivity index (χ1) is 13.6. The lowest BCUT2D eigenvalue weighted by Crippen LogP contribution is -2.02. The van der Waals surface area contributed by atoms with Gasteiger partial charge in [-0.1, -0.05) is 23.7 Å². The Labute approximate surface area is 167 Å². The third-order valence-electron chi connectivity index (χ3n) is 4.25. The van der Waals surface area contributed by atoms with Gasteiger partial charge in [0.15, 0.2) is 5.82 Å². The van der Waals surface area contributed by atoms with Gasteiger partial charge in [0, 0.05) is 29.2 Å². The smallest absolute Gasteiger partial charge is 0.152 e. The Morgan fingerprint density at radius 1 is 1.18 bits per heavy atom. The molecule has 0 saturated heterocycles. The van der Waals surface area contributed by atoms with Crippen LogP contribution in [0.5, 0.6) is 0 Å². The Morgan fingerprint density at radius 3 is 2.82 bits per heavy atom. The molecule has 0 aliphatic heterocycles. The van der Waals surface area contributed by atoms with Gasteiger partial charge in [0.05, 0.1) is 29.8 Å². The number of rotatable bonds is 5. The van der Waals surface area contributed by atoms with Crippen molar-refractivity contribution in [2.75, 3.05) is 5.32 Å². The Kier molecular flexibility index (Phi) is 4.83. The Balaban J connectivity index is 1.52. The van der Waals surface area contributed by atoms with Crippen molar-refractivity contribution in [1.29, 1.82) is 5.26 Å². The number of nitrogens with one attached hydrogen (secondary N) is 1. The molecule has 0 amide bonds. The summed E-state index contributed by atoms with van der Waals surface area (Å²) in [5.74, 6) is 0.706. The van der Waals surface area contributed by atoms with E-state index in [-0.39, 0.29) is 0 Å². The molecule has 7 heteroatoms. The summed E-state index contributed by atoms with van der Waals surface area (Å²) in [5.41, 5.74) is 4.12. The van der Waals surface area contributed by atoms with E-state index in [1.165, 1.54) is 0 Å². The van der Waals surface area contributed by atoms with Crippen LogP contribution in [0.3, 0.4) is 0 Å². The van der Waals surface area contributed by atoms with Crippen LogP contribution >= 0.6 is 11.6 Å². The number of benzene rings is 2. The normalized spacial score (nSPS) is 10.6. The molecule has 0 aliphatic rings. The molecule has 2 heterocycles. The van der Waals surface area contributed by atoms with Gasteiger partial charge in [0.1, 0.15) is 6.07 Å². The maximum atomic E-state index is 9.53. The number of halogens is 1. The average molecular weight is 389 g/mol. The van der Waals surface area contributed by atoms with E-state index in [0.29, 0.717) is 22.9 Å². The highest BCUT2D eigenvalue weighted by molar-refractivity contribution is 6.30. The van der Waals surface area contributed by atoms with Crippen LogP contribution in [-0.4, -0.2) is 19.3 Å². The Hall–Kier alpha value is -3.56. The number of hydrogen-bond acceptors (Lipinski definition) is 4. The summed E-state index contributed by atoms with van der Waals surface area (Å²) < 4.78 is 3.68. The zero-order chi connectivity index (χ0) is 19.5. The largest absolute Gasteiger partial charge is 0.339 e. The maximum Gasteiger partial charge on any atom is 0.152 e. The number of anilines is 2. The van der Waals surface area contributed by atoms with Crippen LogP contribution in [0.15, 0.2) is 67.3 Å². The van der Waals surface area contributed by atoms with Crippen LogP contribution < -0.4 is 5.32 Å². The first-order valence-corrected chi connectivity index (χ1v) is 9.08. The Morgan fingerprint density at radius 2 is 2.07 bits per heavy atom. The van der Waals surface area contributed by atoms with Crippen LogP contribution in [0.25, 0.3) is 5.69 Å². The first kappa shape index (κ1) is 17.8. The van der Waals surface area contributed by atoms with Gasteiger partial charge in [-0.2, -0.15) is 10.4 Å². The molecule has 4 rings (SSSR count). The molecule has 0 atom stereocenters. The van der Waals surface area contributed by atoms with Gasteiger partial charge in [-0.15, -0.1) is 0 Å². The second-order valence-corrected chi connectivity index (χ2v) is 6.86. The molecule has 6 nitrogen and oxygen atoms in total. The fourth-order valence-corrected chi connectivity index (χ4v) is 3.18. The molecule has 0 spiro atoms. The van der Waals surface area contributed by atoms with Crippen molar-refractivity contribution in [3.63, 3.8) is 0 Å². The van der Waals surface area contributed by atoms with Crippen LogP contribution in [0.1, 0.15) is 16.8 Å². The number of aromatic nitrogens is 4. The SMILES string of the molecule is Cc1cn(-c2ccc(Nc3ccn(Cc4cccc(Cl)c4)n3)cc2C#N)cn1. The van der Waals surface area contributed by atoms with Gasteiger partial charge < -0.3 is 9.88 Å². The molecule has 0 bridgehead atoms. The highest BCUT2D eigenvalue weighted by Crippen LogP contribution is 2.22. The summed E-state index contributed by atoms with van der Waals surface area (Å²) in [6, 6.07) is 17.5. The number of aryl methyl sites for hydroxylation is 1. The van der Waals surface area contributed by atoms with Crippen molar-refractivity contribution in [3.05, 3.63) is 89.1 Å². The van der Waals surface area contributed by atoms with Gasteiger partial charge in [-0.3, -0.25) is 4.68 Å². The second-order valence-electron chi connectivity index (χ2n) is 6.42. The molecule has 138 valence electrons. The van der Waals surface area contributed by atoms with E-state index in [1.54, 1.807) is 12.4 Å². The van der Waals surface area contributed by atoms with Crippen molar-refractivity contribution in [2.45, 2.75) is 13.5 Å². The van der Waals surface area contributed by atoms with Crippen molar-refractivity contribution >= 4 is 23.1 Å². The molecule has 2 aromatic carbocycles. The van der Waals surface area contributed by atoms with E-state index in [1.807, 2.05) is 71.0 Å². The summed E-state index contributed by atoms with van der Waals surface area (Å²) in [6.07, 6.45) is 5.49. The maximum absolute atomic E-state index is 9.53. The lowest BCUT2D eigenvalue weighted by Gasteiger charge is -2.08. The molecule has 0 radical (unpaired) electrons. The zero-order valence-electron chi connectivity index (χ0n) is 15.2. The van der Waals surface area contributed by atoms with Gasteiger partial charge in [-0.05, 0) is 42.8 Å². The fourth-order valence-electron chi connectivity index (χ4n) is 2.97. The van der Waals surface area contributed by atoms with E-state index in [9.17, 15) is 5.26 Å². The quantitative estimate of drug-likeness (QED) is 0.538. The summed E-state index contributed by atoms with van der Waals surface area (Å²) in [7, 11) is 0. The zero-order valence-corrected chi connectivity index (χ0v) is 15.9. The molecule has 0 unspecified atom stereocenters. The lowest BCUT2D eigenvalue weighted by atomic mass is 10.1. The standard InChI is InChI=1S/C21H17ClN6/c1-15-12-27(14-24-15)20-6-5-19(10-17(20)11-23)25-21-7-8-28(26-21)13-16-3-2-4-18(22)9-16/h2-10,12,14H,13H2,1H3,(H,25,26). The van der Waals surface area contributed by atoms with Crippen LogP contribution in [0.2, 0.25) is 5.02 Å². The summed E-state index contributed by atoms with van der Waals surface area (Å²) >= 11 is 6.04. The number of nitrogens with zero attached hydrogens (tertiary/aromatic N) is 5. The fraction of sp³-hybridized carbons (Fsp3) is 0.0952. The monoisotopic (exact) mass is 388 g/mol. The molecule has 0 aliphatic carbocycles. The minimum atomic E-state index is 0.556. The lowest BCUT2D eigenvalue weighted by molar-refractivity contribution is 0.690. The van der Waals surface area contributed by atoms with E-state index in [2.05, 4.69) is 21.5 Å². The predicted molar refractivity (Wildman–Crippen MR) is 109 cm³/mol. The highest BCUT2D eigenvalue weighted by atomic mass is 35.5. The number of hydrogen-bond donors (Lipinski definition) is 1. The van der Waals surface area contributed by atoms with Gasteiger partial charge in [-0.25, -0.2) is 4.98 Å². The third-order valence-corrected chi connectivity index (χ3v) is 4.49. The van der Waals surface area contributed by atoms with E-state index in [0.717, 1.165) is 22.6 Å². The molecule has 1 N–H and O–H groups in total. The van der Waals surface area contributed by atoms with Gasteiger partial charge in [0.2, 0.25) is 0 Å². The summed E-state index contributed by atoms with van der Waals surface area (Å²) in [5, 5.41) is 18.0. The van der Waals surface area contributed by atoms with Gasteiger partial charge in [0.25, 0.3) is 0 Å². The number of imidazole rings is 1. The third kappa shape index (κ3) is 3.90. The minimum absolute atomic E-state index is 0.556. The molecular weight excluding hydrogens is 372 g/mol. The van der Waals surface area contributed by atoms with Crippen molar-refractivity contribution in [1.82, 2.24) is 19.3 Å². The summed E-state index contributed by atoms with van der Waals surface area (Å²) in [6.45, 7) is 2.54. The van der Waals surface area contributed by atoms with E-state index < -0.39 is 0 Å². The predicted octanol–water partition coefficient (Wildman–Crippen LogP) is 4.69. The van der Waals surface area contributed by atoms with E-state index >= 15 is 0 Å². The van der Waals surface area contributed by atoms with Crippen LogP contribution in [-0.2, 0) is 6.54 Å². The second kappa shape index (κ2) is 7.59. The molecule has 2 aromatic heterocycles. The molecular formula is C21H17ClN6. The van der Waals surface area contributed by atoms with E-state index in [4.69, 9.17) is 11.6 Å². The van der Waals surface area contributed by atoms with Crippen LogP contribution in [0, 0.1) is 18.3 Å². The van der Waals surface area contributed by atoms with Gasteiger partial charge >= 0.3 is 0 Å². The Bertz CT molecular complexity index is 1170. The van der Waals surface area contributed by atoms with Crippen LogP contribution in [0.4, 0.5) is 11.5 Å². The molecule has 0 saturated carbocycles. The number of nitriles is 1. The highest BCUT2D eigenvalue weighted by Gasteiger charge is 2.08. The first-order valence-electron chi connectivity index (χ1n) is 8.71. The minimum Gasteiger partial charge on any atom is -0.339 e. The molecule has 4 aromatic rings. The van der Waals surface area contributed by atoms with Crippen molar-refractivity contribution in [2.24, 2.45) is 0 Å². The molecule has 28 heavy (non-hydrogen) atoms. The molecule has 0 fully saturated rings. The topological polar surface area (TPSA) is 71.5 Å².